The number of hydrogen-bond donors (Lipinski definition) is 0. The zero-order valence-electron chi connectivity index (χ0n) is 13.3. The molecule has 0 radical (unpaired) electrons. The Bertz CT molecular complexity index is 781. The van der Waals surface area contributed by atoms with Crippen LogP contribution >= 0.6 is 23.2 Å². The summed E-state index contributed by atoms with van der Waals surface area (Å²) in [5, 5.41) is 3.85. The Balaban J connectivity index is 1.97. The molecule has 0 N–H and O–H groups in total. The highest BCUT2D eigenvalue weighted by Crippen LogP contribution is 2.36. The van der Waals surface area contributed by atoms with Crippen LogP contribution in [0.25, 0.3) is 0 Å². The molecule has 126 valence electrons. The highest BCUT2D eigenvalue weighted by molar-refractivity contribution is 6.32. The Morgan fingerprint density at radius 3 is 1.72 bits per heavy atom. The number of benzene rings is 2. The molecule has 5 heteroatoms. The molecule has 0 amide bonds. The van der Waals surface area contributed by atoms with E-state index in [9.17, 15) is 4.91 Å². The zero-order chi connectivity index (χ0) is 17.6. The van der Waals surface area contributed by atoms with Crippen LogP contribution in [0.3, 0.4) is 0 Å². The minimum absolute atomic E-state index is 0.0378. The van der Waals surface area contributed by atoms with Crippen molar-refractivity contribution in [3.05, 3.63) is 105 Å². The van der Waals surface area contributed by atoms with Crippen molar-refractivity contribution >= 4 is 23.2 Å². The summed E-state index contributed by atoms with van der Waals surface area (Å²) in [7, 11) is 0. The van der Waals surface area contributed by atoms with Crippen molar-refractivity contribution in [3.8, 4) is 0 Å². The number of aromatic nitrogens is 1. The molecule has 25 heavy (non-hydrogen) atoms. The van der Waals surface area contributed by atoms with E-state index < -0.39 is 6.04 Å². The molecular weight excluding hydrogens is 355 g/mol. The fourth-order valence-corrected chi connectivity index (χ4v) is 3.45. The lowest BCUT2D eigenvalue weighted by atomic mass is 9.84. The van der Waals surface area contributed by atoms with E-state index in [1.807, 2.05) is 36.4 Å². The summed E-state index contributed by atoms with van der Waals surface area (Å²) in [6.45, 7) is 0. The molecule has 0 bridgehead atoms. The molecule has 0 aliphatic heterocycles. The van der Waals surface area contributed by atoms with E-state index in [-0.39, 0.29) is 16.2 Å². The van der Waals surface area contributed by atoms with Crippen molar-refractivity contribution in [1.82, 2.24) is 4.98 Å². The van der Waals surface area contributed by atoms with Gasteiger partial charge in [-0.2, -0.15) is 4.91 Å². The Hall–Kier alpha value is -2.23. The second-order valence-electron chi connectivity index (χ2n) is 5.78. The van der Waals surface area contributed by atoms with Gasteiger partial charge in [-0.05, 0) is 35.2 Å². The molecule has 1 unspecified atom stereocenters. The number of halogens is 2. The van der Waals surface area contributed by atoms with Crippen LogP contribution in [0.4, 0.5) is 0 Å². The predicted octanol–water partition coefficient (Wildman–Crippen LogP) is 6.42. The smallest absolute Gasteiger partial charge is 0.131 e. The largest absolute Gasteiger partial charge is 0.224 e. The summed E-state index contributed by atoms with van der Waals surface area (Å²) < 4.78 is 0. The third-order valence-electron chi connectivity index (χ3n) is 4.16. The summed E-state index contributed by atoms with van der Waals surface area (Å²) in [5.74, 6) is 0.0378. The van der Waals surface area contributed by atoms with Gasteiger partial charge in [0.05, 0.1) is 0 Å². The number of nitroso groups, excluding NO2 is 1. The molecule has 1 heterocycles. The third-order valence-corrected chi connectivity index (χ3v) is 4.55. The van der Waals surface area contributed by atoms with Crippen molar-refractivity contribution in [2.45, 2.75) is 18.4 Å². The molecule has 0 aliphatic rings. The highest BCUT2D eigenvalue weighted by Gasteiger charge is 2.22. The van der Waals surface area contributed by atoms with E-state index >= 15 is 0 Å². The Kier molecular flexibility index (Phi) is 5.79. The quantitative estimate of drug-likeness (QED) is 0.371. The first-order valence-electron chi connectivity index (χ1n) is 7.92. The zero-order valence-corrected chi connectivity index (χ0v) is 14.9. The molecule has 3 rings (SSSR count). The maximum Gasteiger partial charge on any atom is 0.131 e. The Labute approximate surface area is 156 Å². The molecule has 1 aromatic heterocycles. The van der Waals surface area contributed by atoms with Crippen LogP contribution in [0.2, 0.25) is 10.3 Å². The fourth-order valence-electron chi connectivity index (χ4n) is 2.97. The van der Waals surface area contributed by atoms with Gasteiger partial charge in [0.25, 0.3) is 0 Å². The van der Waals surface area contributed by atoms with Crippen LogP contribution < -0.4 is 0 Å². The SMILES string of the molecule is O=NC(CC(c1ccccc1)c1ccccc1)c1cc(Cl)nc(Cl)c1. The van der Waals surface area contributed by atoms with E-state index in [1.165, 1.54) is 0 Å². The van der Waals surface area contributed by atoms with E-state index in [1.54, 1.807) is 12.1 Å². The fraction of sp³-hybridized carbons (Fsp3) is 0.150. The summed E-state index contributed by atoms with van der Waals surface area (Å²) >= 11 is 12.0. The van der Waals surface area contributed by atoms with Crippen molar-refractivity contribution < 1.29 is 0 Å². The standard InChI is InChI=1S/C20H16Cl2N2O/c21-19-11-16(12-20(22)23-19)18(24-25)13-17(14-7-3-1-4-8-14)15-9-5-2-6-10-15/h1-12,17-18H,13H2. The second-order valence-corrected chi connectivity index (χ2v) is 6.55. The van der Waals surface area contributed by atoms with Crippen LogP contribution in [0, 0.1) is 4.91 Å². The van der Waals surface area contributed by atoms with Gasteiger partial charge >= 0.3 is 0 Å². The molecular formula is C20H16Cl2N2O. The Morgan fingerprint density at radius 1 is 0.800 bits per heavy atom. The first kappa shape index (κ1) is 17.6. The molecule has 0 saturated carbocycles. The van der Waals surface area contributed by atoms with Crippen LogP contribution in [0.15, 0.2) is 78.0 Å². The molecule has 0 saturated heterocycles. The minimum Gasteiger partial charge on any atom is -0.224 e. The van der Waals surface area contributed by atoms with Crippen LogP contribution in [0.5, 0.6) is 0 Å². The monoisotopic (exact) mass is 370 g/mol. The van der Waals surface area contributed by atoms with Gasteiger partial charge in [-0.25, -0.2) is 4.98 Å². The summed E-state index contributed by atoms with van der Waals surface area (Å²) in [6, 6.07) is 22.9. The maximum absolute atomic E-state index is 11.6. The second kappa shape index (κ2) is 8.24. The topological polar surface area (TPSA) is 42.3 Å². The van der Waals surface area contributed by atoms with Crippen molar-refractivity contribution in [2.75, 3.05) is 0 Å². The van der Waals surface area contributed by atoms with E-state index in [0.717, 1.165) is 11.1 Å². The van der Waals surface area contributed by atoms with Crippen molar-refractivity contribution in [3.63, 3.8) is 0 Å². The third kappa shape index (κ3) is 4.44. The molecule has 0 spiro atoms. The van der Waals surface area contributed by atoms with E-state index in [2.05, 4.69) is 34.4 Å². The average molecular weight is 371 g/mol. The maximum atomic E-state index is 11.6. The minimum atomic E-state index is -0.566. The van der Waals surface area contributed by atoms with Crippen molar-refractivity contribution in [2.24, 2.45) is 5.18 Å². The highest BCUT2D eigenvalue weighted by atomic mass is 35.5. The number of nitrogens with zero attached hydrogens (tertiary/aromatic N) is 2. The molecule has 3 nitrogen and oxygen atoms in total. The number of hydrogen-bond acceptors (Lipinski definition) is 3. The van der Waals surface area contributed by atoms with Gasteiger partial charge in [0.2, 0.25) is 0 Å². The lowest BCUT2D eigenvalue weighted by Crippen LogP contribution is -2.07. The van der Waals surface area contributed by atoms with Gasteiger partial charge in [-0.1, -0.05) is 89.0 Å². The molecule has 1 atom stereocenters. The number of pyridine rings is 1. The van der Waals surface area contributed by atoms with Gasteiger partial charge in [-0.15, -0.1) is 0 Å². The molecule has 0 fully saturated rings. The average Bonchev–Trinajstić information content (AvgIpc) is 2.63. The van der Waals surface area contributed by atoms with Gasteiger partial charge in [0, 0.05) is 5.92 Å². The molecule has 2 aromatic carbocycles. The lowest BCUT2D eigenvalue weighted by Gasteiger charge is -2.21. The van der Waals surface area contributed by atoms with Gasteiger partial charge in [-0.3, -0.25) is 0 Å². The first-order valence-corrected chi connectivity index (χ1v) is 8.68. The van der Waals surface area contributed by atoms with Gasteiger partial charge in [0.15, 0.2) is 0 Å². The normalized spacial score (nSPS) is 12.1. The van der Waals surface area contributed by atoms with Crippen LogP contribution in [-0.4, -0.2) is 4.98 Å². The summed E-state index contributed by atoms with van der Waals surface area (Å²) in [6.07, 6.45) is 0.522. The van der Waals surface area contributed by atoms with Gasteiger partial charge in [0.1, 0.15) is 16.3 Å². The Morgan fingerprint density at radius 2 is 1.28 bits per heavy atom. The van der Waals surface area contributed by atoms with Gasteiger partial charge < -0.3 is 0 Å². The van der Waals surface area contributed by atoms with E-state index in [4.69, 9.17) is 23.2 Å². The summed E-state index contributed by atoms with van der Waals surface area (Å²) in [4.78, 5) is 15.5. The van der Waals surface area contributed by atoms with Crippen LogP contribution in [-0.2, 0) is 0 Å². The van der Waals surface area contributed by atoms with Crippen LogP contribution in [0.1, 0.15) is 35.1 Å². The first-order chi connectivity index (χ1) is 12.2. The predicted molar refractivity (Wildman–Crippen MR) is 102 cm³/mol. The molecule has 0 aliphatic carbocycles. The van der Waals surface area contributed by atoms with Crippen molar-refractivity contribution in [1.29, 1.82) is 0 Å². The molecule has 3 aromatic rings. The summed E-state index contributed by atoms with van der Waals surface area (Å²) in [5.41, 5.74) is 2.94. The van der Waals surface area contributed by atoms with E-state index in [0.29, 0.717) is 12.0 Å². The lowest BCUT2D eigenvalue weighted by molar-refractivity contribution is 0.594. The number of rotatable bonds is 6.